The molecule has 0 aromatic heterocycles. The van der Waals surface area contributed by atoms with Crippen molar-refractivity contribution in [2.24, 2.45) is 46.3 Å². The van der Waals surface area contributed by atoms with Crippen LogP contribution in [-0.2, 0) is 9.59 Å². The molecule has 4 aliphatic rings. The average molecular weight is 407 g/mol. The number of rotatable bonds is 4. The van der Waals surface area contributed by atoms with Crippen LogP contribution in [0.15, 0.2) is 0 Å². The summed E-state index contributed by atoms with van der Waals surface area (Å²) >= 11 is 0. The van der Waals surface area contributed by atoms with Gasteiger partial charge in [-0.05, 0) is 85.9 Å². The molecular weight excluding hydrogens is 368 g/mol. The summed E-state index contributed by atoms with van der Waals surface area (Å²) in [5, 5.41) is 30.5. The van der Waals surface area contributed by atoms with E-state index in [2.05, 4.69) is 20.8 Å². The molecule has 29 heavy (non-hydrogen) atoms. The SMILES string of the molecule is C[C@H](CCC(=O)O)[C@H]1CC[C@H]2[C@@H]3[C@@H](O)CC4C[C@@H](O)CC[C@]4(C)[C@H]3CC(=O)[C@]12C. The second-order valence-corrected chi connectivity index (χ2v) is 11.2. The molecule has 4 aliphatic carbocycles. The minimum Gasteiger partial charge on any atom is -0.481 e. The predicted octanol–water partition coefficient (Wildman–Crippen LogP) is 3.66. The van der Waals surface area contributed by atoms with E-state index in [1.54, 1.807) is 0 Å². The number of carboxylic acids is 1. The molecule has 0 spiro atoms. The van der Waals surface area contributed by atoms with Crippen LogP contribution >= 0.6 is 0 Å². The van der Waals surface area contributed by atoms with Crippen molar-refractivity contribution in [3.05, 3.63) is 0 Å². The molecule has 10 atom stereocenters. The quantitative estimate of drug-likeness (QED) is 0.662. The predicted molar refractivity (Wildman–Crippen MR) is 109 cm³/mol. The minimum absolute atomic E-state index is 0.0348. The number of aliphatic hydroxyl groups is 2. The number of aliphatic hydroxyl groups excluding tert-OH is 2. The molecule has 5 nitrogen and oxygen atoms in total. The molecule has 164 valence electrons. The van der Waals surface area contributed by atoms with Gasteiger partial charge in [-0.2, -0.15) is 0 Å². The zero-order valence-corrected chi connectivity index (χ0v) is 18.1. The smallest absolute Gasteiger partial charge is 0.303 e. The highest BCUT2D eigenvalue weighted by molar-refractivity contribution is 5.87. The number of fused-ring (bicyclic) bond motifs is 5. The third-order valence-electron chi connectivity index (χ3n) is 10.1. The first-order chi connectivity index (χ1) is 13.6. The lowest BCUT2D eigenvalue weighted by Crippen LogP contribution is -2.61. The Labute approximate surface area is 174 Å². The molecule has 4 fully saturated rings. The highest BCUT2D eigenvalue weighted by Crippen LogP contribution is 2.67. The Bertz CT molecular complexity index is 676. The van der Waals surface area contributed by atoms with E-state index in [1.165, 1.54) is 0 Å². The summed E-state index contributed by atoms with van der Waals surface area (Å²) in [6.07, 6.45) is 5.82. The largest absolute Gasteiger partial charge is 0.481 e. The summed E-state index contributed by atoms with van der Waals surface area (Å²) in [4.78, 5) is 24.7. The average Bonchev–Trinajstić information content (AvgIpc) is 3.01. The van der Waals surface area contributed by atoms with Crippen molar-refractivity contribution in [3.63, 3.8) is 0 Å². The van der Waals surface area contributed by atoms with Gasteiger partial charge in [0.1, 0.15) is 5.78 Å². The van der Waals surface area contributed by atoms with Gasteiger partial charge in [0.15, 0.2) is 0 Å². The summed E-state index contributed by atoms with van der Waals surface area (Å²) in [6, 6.07) is 0. The molecule has 0 amide bonds. The van der Waals surface area contributed by atoms with Crippen LogP contribution in [-0.4, -0.2) is 39.3 Å². The van der Waals surface area contributed by atoms with Crippen LogP contribution in [0.25, 0.3) is 0 Å². The van der Waals surface area contributed by atoms with E-state index in [1.807, 2.05) is 0 Å². The third-order valence-corrected chi connectivity index (χ3v) is 10.1. The van der Waals surface area contributed by atoms with E-state index in [0.29, 0.717) is 24.5 Å². The molecule has 0 aromatic carbocycles. The van der Waals surface area contributed by atoms with Crippen molar-refractivity contribution in [1.82, 2.24) is 0 Å². The Balaban J connectivity index is 1.62. The molecular formula is C24H38O5. The Morgan fingerprint density at radius 2 is 1.86 bits per heavy atom. The van der Waals surface area contributed by atoms with Gasteiger partial charge in [-0.1, -0.05) is 20.8 Å². The van der Waals surface area contributed by atoms with Crippen LogP contribution < -0.4 is 0 Å². The number of hydrogen-bond acceptors (Lipinski definition) is 4. The topological polar surface area (TPSA) is 94.8 Å². The van der Waals surface area contributed by atoms with E-state index in [-0.39, 0.29) is 47.5 Å². The van der Waals surface area contributed by atoms with Gasteiger partial charge in [0, 0.05) is 18.3 Å². The van der Waals surface area contributed by atoms with Crippen LogP contribution in [0.3, 0.4) is 0 Å². The number of ketones is 1. The van der Waals surface area contributed by atoms with E-state index in [9.17, 15) is 19.8 Å². The standard InChI is InChI=1S/C24H38O5/c1-13(4-7-21(28)29)16-5-6-17-22-18(12-20(27)24(16,17)3)23(2)9-8-15(25)10-14(23)11-19(22)26/h13-19,22,25-26H,4-12H2,1-3H3,(H,28,29)/t13-,14?,15+,16-,17+,18+,19+,22+,23+,24-/m1/s1. The van der Waals surface area contributed by atoms with Gasteiger partial charge in [-0.25, -0.2) is 0 Å². The molecule has 0 heterocycles. The van der Waals surface area contributed by atoms with Crippen LogP contribution in [0, 0.1) is 46.3 Å². The monoisotopic (exact) mass is 406 g/mol. The van der Waals surface area contributed by atoms with Gasteiger partial charge in [-0.15, -0.1) is 0 Å². The van der Waals surface area contributed by atoms with E-state index >= 15 is 0 Å². The highest BCUT2D eigenvalue weighted by Gasteiger charge is 2.65. The first kappa shape index (κ1) is 21.3. The second-order valence-electron chi connectivity index (χ2n) is 11.2. The lowest BCUT2D eigenvalue weighted by atomic mass is 9.43. The first-order valence-electron chi connectivity index (χ1n) is 11.7. The Hall–Kier alpha value is -0.940. The fraction of sp³-hybridized carbons (Fsp3) is 0.917. The molecule has 0 aliphatic heterocycles. The van der Waals surface area contributed by atoms with Crippen LogP contribution in [0.2, 0.25) is 0 Å². The van der Waals surface area contributed by atoms with E-state index < -0.39 is 17.5 Å². The number of Topliss-reactive ketones (excluding diaryl/α,β-unsaturated/α-hetero) is 1. The maximum absolute atomic E-state index is 13.6. The zero-order valence-electron chi connectivity index (χ0n) is 18.1. The Morgan fingerprint density at radius 1 is 1.14 bits per heavy atom. The van der Waals surface area contributed by atoms with Crippen molar-refractivity contribution >= 4 is 11.8 Å². The second kappa shape index (κ2) is 7.33. The Morgan fingerprint density at radius 3 is 2.55 bits per heavy atom. The maximum Gasteiger partial charge on any atom is 0.303 e. The Kier molecular flexibility index (Phi) is 5.39. The number of carbonyl (C=O) groups excluding carboxylic acids is 1. The summed E-state index contributed by atoms with van der Waals surface area (Å²) < 4.78 is 0. The molecule has 0 aromatic rings. The van der Waals surface area contributed by atoms with Crippen molar-refractivity contribution in [2.45, 2.75) is 90.8 Å². The number of carbonyl (C=O) groups is 2. The molecule has 5 heteroatoms. The molecule has 0 bridgehead atoms. The summed E-state index contributed by atoms with van der Waals surface area (Å²) in [6.45, 7) is 6.54. The fourth-order valence-electron chi connectivity index (χ4n) is 8.41. The normalized spacial score (nSPS) is 50.4. The van der Waals surface area contributed by atoms with Gasteiger partial charge in [0.2, 0.25) is 0 Å². The molecule has 3 N–H and O–H groups in total. The van der Waals surface area contributed by atoms with Gasteiger partial charge < -0.3 is 15.3 Å². The summed E-state index contributed by atoms with van der Waals surface area (Å²) in [5.74, 6) is 0.855. The van der Waals surface area contributed by atoms with Crippen molar-refractivity contribution < 1.29 is 24.9 Å². The molecule has 4 rings (SSSR count). The van der Waals surface area contributed by atoms with Gasteiger partial charge in [0.25, 0.3) is 0 Å². The summed E-state index contributed by atoms with van der Waals surface area (Å²) in [7, 11) is 0. The number of aliphatic carboxylic acids is 1. The van der Waals surface area contributed by atoms with Gasteiger partial charge >= 0.3 is 5.97 Å². The van der Waals surface area contributed by atoms with E-state index in [4.69, 9.17) is 5.11 Å². The molecule has 0 saturated heterocycles. The lowest BCUT2D eigenvalue weighted by molar-refractivity contribution is -0.181. The number of hydrogen-bond donors (Lipinski definition) is 3. The summed E-state index contributed by atoms with van der Waals surface area (Å²) in [5.41, 5.74) is -0.398. The van der Waals surface area contributed by atoms with Gasteiger partial charge in [0.05, 0.1) is 12.2 Å². The van der Waals surface area contributed by atoms with Crippen molar-refractivity contribution in [1.29, 1.82) is 0 Å². The maximum atomic E-state index is 13.6. The molecule has 0 radical (unpaired) electrons. The van der Waals surface area contributed by atoms with Crippen molar-refractivity contribution in [2.75, 3.05) is 0 Å². The molecule has 1 unspecified atom stereocenters. The van der Waals surface area contributed by atoms with E-state index in [0.717, 1.165) is 38.5 Å². The minimum atomic E-state index is -0.771. The molecule has 4 saturated carbocycles. The number of carboxylic acid groups (broad SMARTS) is 1. The fourth-order valence-corrected chi connectivity index (χ4v) is 8.41. The highest BCUT2D eigenvalue weighted by atomic mass is 16.4. The zero-order chi connectivity index (χ0) is 21.1. The van der Waals surface area contributed by atoms with Crippen molar-refractivity contribution in [3.8, 4) is 0 Å². The van der Waals surface area contributed by atoms with Crippen LogP contribution in [0.4, 0.5) is 0 Å². The third kappa shape index (κ3) is 3.18. The van der Waals surface area contributed by atoms with Crippen LogP contribution in [0.5, 0.6) is 0 Å². The first-order valence-corrected chi connectivity index (χ1v) is 11.7. The lowest BCUT2D eigenvalue weighted by Gasteiger charge is -2.61. The van der Waals surface area contributed by atoms with Gasteiger partial charge in [-0.3, -0.25) is 9.59 Å². The van der Waals surface area contributed by atoms with Crippen LogP contribution in [0.1, 0.15) is 78.6 Å².